The van der Waals surface area contributed by atoms with Gasteiger partial charge in [0.15, 0.2) is 5.82 Å². The third kappa shape index (κ3) is 3.92. The maximum absolute atomic E-state index is 5.90. The molecule has 1 N–H and O–H groups in total. The molecule has 0 saturated heterocycles. The first-order valence-electron chi connectivity index (χ1n) is 7.47. The lowest BCUT2D eigenvalue weighted by molar-refractivity contribution is -0.0391. The number of hydrogen-bond acceptors (Lipinski definition) is 4. The molecule has 0 aliphatic carbocycles. The molecule has 0 aliphatic heterocycles. The summed E-state index contributed by atoms with van der Waals surface area (Å²) in [6.07, 6.45) is 2.83. The van der Waals surface area contributed by atoms with Crippen LogP contribution in [0.2, 0.25) is 0 Å². The summed E-state index contributed by atoms with van der Waals surface area (Å²) in [5.74, 6) is 1.63. The van der Waals surface area contributed by atoms with E-state index in [4.69, 9.17) is 9.72 Å². The van der Waals surface area contributed by atoms with Crippen molar-refractivity contribution in [1.82, 2.24) is 9.97 Å². The highest BCUT2D eigenvalue weighted by Gasteiger charge is 2.30. The molecular weight excluding hydrogens is 318 g/mol. The van der Waals surface area contributed by atoms with Crippen LogP contribution in [0.4, 0.5) is 5.82 Å². The van der Waals surface area contributed by atoms with Gasteiger partial charge in [0.05, 0.1) is 10.2 Å². The lowest BCUT2D eigenvalue weighted by Crippen LogP contribution is -2.29. The zero-order valence-electron chi connectivity index (χ0n) is 13.2. The zero-order valence-corrected chi connectivity index (χ0v) is 14.8. The number of hydrogen-bond donors (Lipinski definition) is 1. The third-order valence-corrected chi connectivity index (χ3v) is 4.19. The van der Waals surface area contributed by atoms with E-state index in [9.17, 15) is 0 Å². The first-order valence-corrected chi connectivity index (χ1v) is 8.26. The van der Waals surface area contributed by atoms with Gasteiger partial charge in [-0.3, -0.25) is 0 Å². The molecule has 0 spiro atoms. The quantitative estimate of drug-likeness (QED) is 0.764. The van der Waals surface area contributed by atoms with Crippen LogP contribution in [0.5, 0.6) is 0 Å². The molecule has 114 valence electrons. The van der Waals surface area contributed by atoms with Crippen LogP contribution in [0.3, 0.4) is 0 Å². The molecule has 0 aliphatic rings. The fraction of sp³-hybridized carbons (Fsp3) is 0.733. The number of anilines is 1. The second kappa shape index (κ2) is 7.93. The highest BCUT2D eigenvalue weighted by molar-refractivity contribution is 9.10. The van der Waals surface area contributed by atoms with Gasteiger partial charge in [0.2, 0.25) is 0 Å². The lowest BCUT2D eigenvalue weighted by Gasteiger charge is -2.27. The van der Waals surface area contributed by atoms with Gasteiger partial charge in [0.1, 0.15) is 11.4 Å². The normalized spacial score (nSPS) is 14.1. The van der Waals surface area contributed by atoms with Gasteiger partial charge in [-0.05, 0) is 49.5 Å². The SMILES string of the molecule is CCCc1nc(C(C)(CC)OCC)nc(NCC)c1Br. The Balaban J connectivity index is 3.31. The van der Waals surface area contributed by atoms with Crippen LogP contribution in [0.25, 0.3) is 0 Å². The van der Waals surface area contributed by atoms with Gasteiger partial charge in [-0.2, -0.15) is 0 Å². The average molecular weight is 344 g/mol. The summed E-state index contributed by atoms with van der Waals surface area (Å²) in [6, 6.07) is 0. The van der Waals surface area contributed by atoms with Crippen LogP contribution >= 0.6 is 15.9 Å². The minimum atomic E-state index is -0.428. The van der Waals surface area contributed by atoms with Crippen molar-refractivity contribution in [3.8, 4) is 0 Å². The monoisotopic (exact) mass is 343 g/mol. The Hall–Kier alpha value is -0.680. The Kier molecular flexibility index (Phi) is 6.89. The van der Waals surface area contributed by atoms with Gasteiger partial charge in [-0.25, -0.2) is 9.97 Å². The van der Waals surface area contributed by atoms with Crippen molar-refractivity contribution in [1.29, 1.82) is 0 Å². The predicted molar refractivity (Wildman–Crippen MR) is 87.2 cm³/mol. The molecule has 0 radical (unpaired) electrons. The molecule has 1 heterocycles. The molecule has 1 rings (SSSR count). The van der Waals surface area contributed by atoms with Gasteiger partial charge in [-0.15, -0.1) is 0 Å². The minimum absolute atomic E-state index is 0.428. The van der Waals surface area contributed by atoms with Crippen molar-refractivity contribution in [2.24, 2.45) is 0 Å². The number of ether oxygens (including phenoxy) is 1. The molecule has 1 unspecified atom stereocenters. The third-order valence-electron chi connectivity index (χ3n) is 3.36. The molecule has 0 saturated carbocycles. The van der Waals surface area contributed by atoms with Gasteiger partial charge in [-0.1, -0.05) is 20.3 Å². The molecule has 0 bridgehead atoms. The second-order valence-electron chi connectivity index (χ2n) is 4.95. The Morgan fingerprint density at radius 2 is 1.90 bits per heavy atom. The van der Waals surface area contributed by atoms with E-state index in [0.717, 1.165) is 47.6 Å². The highest BCUT2D eigenvalue weighted by Crippen LogP contribution is 2.31. The number of halogens is 1. The van der Waals surface area contributed by atoms with Crippen molar-refractivity contribution < 1.29 is 4.74 Å². The summed E-state index contributed by atoms with van der Waals surface area (Å²) in [6.45, 7) is 11.9. The number of rotatable bonds is 8. The predicted octanol–water partition coefficient (Wildman–Crippen LogP) is 4.29. The fourth-order valence-electron chi connectivity index (χ4n) is 2.06. The van der Waals surface area contributed by atoms with Crippen molar-refractivity contribution in [2.45, 2.75) is 59.5 Å². The number of aromatic nitrogens is 2. The van der Waals surface area contributed by atoms with Crippen LogP contribution in [0, 0.1) is 0 Å². The van der Waals surface area contributed by atoms with Crippen molar-refractivity contribution in [3.63, 3.8) is 0 Å². The summed E-state index contributed by atoms with van der Waals surface area (Å²) < 4.78 is 6.87. The molecule has 0 aromatic carbocycles. The van der Waals surface area contributed by atoms with Crippen molar-refractivity contribution in [3.05, 3.63) is 16.0 Å². The van der Waals surface area contributed by atoms with Gasteiger partial charge < -0.3 is 10.1 Å². The summed E-state index contributed by atoms with van der Waals surface area (Å²) in [7, 11) is 0. The molecule has 0 fully saturated rings. The number of aryl methyl sites for hydroxylation is 1. The number of nitrogens with one attached hydrogen (secondary N) is 1. The van der Waals surface area contributed by atoms with Gasteiger partial charge in [0.25, 0.3) is 0 Å². The maximum atomic E-state index is 5.90. The van der Waals surface area contributed by atoms with E-state index in [1.807, 2.05) is 6.92 Å². The summed E-state index contributed by atoms with van der Waals surface area (Å²) >= 11 is 3.62. The average Bonchev–Trinajstić information content (AvgIpc) is 2.43. The molecule has 1 atom stereocenters. The first kappa shape index (κ1) is 17.4. The smallest absolute Gasteiger partial charge is 0.162 e. The van der Waals surface area contributed by atoms with Crippen LogP contribution in [0.1, 0.15) is 59.0 Å². The Labute approximate surface area is 130 Å². The maximum Gasteiger partial charge on any atom is 0.162 e. The Bertz CT molecular complexity index is 412. The van der Waals surface area contributed by atoms with Crippen LogP contribution in [0.15, 0.2) is 4.47 Å². The molecule has 5 heteroatoms. The fourth-order valence-corrected chi connectivity index (χ4v) is 2.58. The molecule has 0 amide bonds. The topological polar surface area (TPSA) is 47.0 Å². The van der Waals surface area contributed by atoms with E-state index in [1.165, 1.54) is 0 Å². The second-order valence-corrected chi connectivity index (χ2v) is 5.75. The van der Waals surface area contributed by atoms with Crippen molar-refractivity contribution >= 4 is 21.7 Å². The summed E-state index contributed by atoms with van der Waals surface area (Å²) in [5, 5.41) is 3.30. The van der Waals surface area contributed by atoms with E-state index in [1.54, 1.807) is 0 Å². The first-order chi connectivity index (χ1) is 9.52. The molecule has 1 aromatic rings. The minimum Gasteiger partial charge on any atom is -0.369 e. The van der Waals surface area contributed by atoms with Gasteiger partial charge >= 0.3 is 0 Å². The largest absolute Gasteiger partial charge is 0.369 e. The molecule has 4 nitrogen and oxygen atoms in total. The number of nitrogens with zero attached hydrogens (tertiary/aromatic N) is 2. The Morgan fingerprint density at radius 3 is 2.40 bits per heavy atom. The molecule has 1 aromatic heterocycles. The molecular formula is C15H26BrN3O. The van der Waals surface area contributed by atoms with Gasteiger partial charge in [0, 0.05) is 13.2 Å². The van der Waals surface area contributed by atoms with Crippen molar-refractivity contribution in [2.75, 3.05) is 18.5 Å². The Morgan fingerprint density at radius 1 is 1.20 bits per heavy atom. The molecule has 20 heavy (non-hydrogen) atoms. The van der Waals surface area contributed by atoms with E-state index in [0.29, 0.717) is 6.61 Å². The summed E-state index contributed by atoms with van der Waals surface area (Å²) in [4.78, 5) is 9.42. The van der Waals surface area contributed by atoms with E-state index < -0.39 is 5.60 Å². The van der Waals surface area contributed by atoms with E-state index in [2.05, 4.69) is 53.9 Å². The zero-order chi connectivity index (χ0) is 15.2. The van der Waals surface area contributed by atoms with Crippen LogP contribution in [-0.4, -0.2) is 23.1 Å². The van der Waals surface area contributed by atoms with Crippen LogP contribution < -0.4 is 5.32 Å². The van der Waals surface area contributed by atoms with Crippen LogP contribution in [-0.2, 0) is 16.8 Å². The van der Waals surface area contributed by atoms with E-state index in [-0.39, 0.29) is 0 Å². The highest BCUT2D eigenvalue weighted by atomic mass is 79.9. The summed E-state index contributed by atoms with van der Waals surface area (Å²) in [5.41, 5.74) is 0.620. The standard InChI is InChI=1S/C15H26BrN3O/c1-6-10-11-12(16)13(17-8-3)19-14(18-11)15(5,7-2)20-9-4/h6-10H2,1-5H3,(H,17,18,19). The lowest BCUT2D eigenvalue weighted by atomic mass is 10.0. The van der Waals surface area contributed by atoms with E-state index >= 15 is 0 Å².